The first kappa shape index (κ1) is 12.9. The lowest BCUT2D eigenvalue weighted by atomic mass is 9.85. The van der Waals surface area contributed by atoms with Crippen LogP contribution < -0.4 is 16.8 Å². The number of primary amides is 1. The molecule has 18 heavy (non-hydrogen) atoms. The second-order valence-corrected chi connectivity index (χ2v) is 5.03. The van der Waals surface area contributed by atoms with Crippen molar-refractivity contribution in [1.82, 2.24) is 5.32 Å². The Labute approximate surface area is 108 Å². The largest absolute Gasteiger partial charge is 0.398 e. The summed E-state index contributed by atoms with van der Waals surface area (Å²) in [5, 5.41) is 3.51. The molecule has 0 aliphatic heterocycles. The molecular formula is C14H21N3O. The lowest BCUT2D eigenvalue weighted by Gasteiger charge is -2.27. The van der Waals surface area contributed by atoms with Gasteiger partial charge in [0.1, 0.15) is 0 Å². The van der Waals surface area contributed by atoms with Gasteiger partial charge in [-0.1, -0.05) is 18.2 Å². The summed E-state index contributed by atoms with van der Waals surface area (Å²) in [6.45, 7) is 0.790. The molecule has 98 valence electrons. The molecule has 4 heteroatoms. The number of rotatable bonds is 4. The van der Waals surface area contributed by atoms with Gasteiger partial charge in [0.25, 0.3) is 0 Å². The predicted molar refractivity (Wildman–Crippen MR) is 72.6 cm³/mol. The highest BCUT2D eigenvalue weighted by Gasteiger charge is 2.24. The predicted octanol–water partition coefficient (Wildman–Crippen LogP) is 1.40. The van der Waals surface area contributed by atoms with Crippen molar-refractivity contribution in [2.75, 3.05) is 5.73 Å². The van der Waals surface area contributed by atoms with E-state index in [9.17, 15) is 4.79 Å². The molecule has 1 aromatic rings. The molecule has 0 atom stereocenters. The van der Waals surface area contributed by atoms with Gasteiger partial charge in [-0.2, -0.15) is 0 Å². The van der Waals surface area contributed by atoms with E-state index in [0.29, 0.717) is 6.04 Å². The zero-order chi connectivity index (χ0) is 13.0. The van der Waals surface area contributed by atoms with Crippen LogP contribution in [0, 0.1) is 5.92 Å². The Hall–Kier alpha value is -1.55. The monoisotopic (exact) mass is 247 g/mol. The first-order valence-corrected chi connectivity index (χ1v) is 6.53. The summed E-state index contributed by atoms with van der Waals surface area (Å²) in [5.74, 6) is -0.0781. The third-order valence-corrected chi connectivity index (χ3v) is 3.77. The number of carbonyl (C=O) groups excluding carboxylic acids is 1. The number of hydrogen-bond donors (Lipinski definition) is 3. The standard InChI is InChI=1S/C14H21N3O/c15-13-4-2-1-3-11(13)9-17-12-7-5-10(6-8-12)14(16)18/h1-4,10,12,17H,5-9,15H2,(H2,16,18). The van der Waals surface area contributed by atoms with Crippen LogP contribution in [0.5, 0.6) is 0 Å². The summed E-state index contributed by atoms with van der Waals surface area (Å²) >= 11 is 0. The maximum atomic E-state index is 11.1. The zero-order valence-corrected chi connectivity index (χ0v) is 10.6. The van der Waals surface area contributed by atoms with E-state index in [2.05, 4.69) is 5.32 Å². The van der Waals surface area contributed by atoms with Crippen LogP contribution in [0.4, 0.5) is 5.69 Å². The van der Waals surface area contributed by atoms with Crippen molar-refractivity contribution >= 4 is 11.6 Å². The zero-order valence-electron chi connectivity index (χ0n) is 10.6. The second-order valence-electron chi connectivity index (χ2n) is 5.03. The van der Waals surface area contributed by atoms with Crippen molar-refractivity contribution in [1.29, 1.82) is 0 Å². The van der Waals surface area contributed by atoms with Crippen LogP contribution >= 0.6 is 0 Å². The Bertz CT molecular complexity index is 411. The molecule has 0 unspecified atom stereocenters. The van der Waals surface area contributed by atoms with Gasteiger partial charge < -0.3 is 16.8 Å². The highest BCUT2D eigenvalue weighted by atomic mass is 16.1. The third-order valence-electron chi connectivity index (χ3n) is 3.77. The molecule has 0 heterocycles. The number of nitrogens with two attached hydrogens (primary N) is 2. The maximum absolute atomic E-state index is 11.1. The van der Waals surface area contributed by atoms with Crippen molar-refractivity contribution in [3.05, 3.63) is 29.8 Å². The normalized spacial score (nSPS) is 23.8. The van der Waals surface area contributed by atoms with Gasteiger partial charge in [-0.3, -0.25) is 4.79 Å². The molecule has 0 saturated heterocycles. The molecule has 1 saturated carbocycles. The van der Waals surface area contributed by atoms with Crippen molar-refractivity contribution in [2.24, 2.45) is 11.7 Å². The van der Waals surface area contributed by atoms with Gasteiger partial charge >= 0.3 is 0 Å². The van der Waals surface area contributed by atoms with Crippen LogP contribution in [0.25, 0.3) is 0 Å². The van der Waals surface area contributed by atoms with E-state index in [0.717, 1.165) is 43.5 Å². The Balaban J connectivity index is 1.79. The van der Waals surface area contributed by atoms with Crippen molar-refractivity contribution in [2.45, 2.75) is 38.3 Å². The minimum Gasteiger partial charge on any atom is -0.398 e. The van der Waals surface area contributed by atoms with E-state index >= 15 is 0 Å². The van der Waals surface area contributed by atoms with Crippen LogP contribution in [-0.4, -0.2) is 11.9 Å². The van der Waals surface area contributed by atoms with Crippen molar-refractivity contribution < 1.29 is 4.79 Å². The molecule has 1 aromatic carbocycles. The number of para-hydroxylation sites is 1. The quantitative estimate of drug-likeness (QED) is 0.703. The number of nitrogen functional groups attached to an aromatic ring is 1. The fourth-order valence-corrected chi connectivity index (χ4v) is 2.53. The summed E-state index contributed by atoms with van der Waals surface area (Å²) in [5.41, 5.74) is 13.2. The Kier molecular flexibility index (Phi) is 4.20. The summed E-state index contributed by atoms with van der Waals surface area (Å²) in [6.07, 6.45) is 3.83. The molecule has 5 N–H and O–H groups in total. The lowest BCUT2D eigenvalue weighted by molar-refractivity contribution is -0.122. The summed E-state index contributed by atoms with van der Waals surface area (Å²) in [7, 11) is 0. The van der Waals surface area contributed by atoms with Gasteiger partial charge in [-0.15, -0.1) is 0 Å². The fourth-order valence-electron chi connectivity index (χ4n) is 2.53. The number of amides is 1. The van der Waals surface area contributed by atoms with Crippen molar-refractivity contribution in [3.8, 4) is 0 Å². The van der Waals surface area contributed by atoms with E-state index in [1.54, 1.807) is 0 Å². The smallest absolute Gasteiger partial charge is 0.220 e. The van der Waals surface area contributed by atoms with Gasteiger partial charge in [0.15, 0.2) is 0 Å². The number of carbonyl (C=O) groups is 1. The van der Waals surface area contributed by atoms with Gasteiger partial charge in [0.05, 0.1) is 0 Å². The Morgan fingerprint density at radius 2 is 1.89 bits per heavy atom. The van der Waals surface area contributed by atoms with Gasteiger partial charge in [-0.05, 0) is 37.3 Å². The van der Waals surface area contributed by atoms with E-state index < -0.39 is 0 Å². The minimum atomic E-state index is -0.152. The van der Waals surface area contributed by atoms with E-state index in [1.165, 1.54) is 0 Å². The van der Waals surface area contributed by atoms with E-state index in [1.807, 2.05) is 24.3 Å². The topological polar surface area (TPSA) is 81.1 Å². The molecule has 0 aromatic heterocycles. The molecule has 2 rings (SSSR count). The first-order valence-electron chi connectivity index (χ1n) is 6.53. The molecule has 0 bridgehead atoms. The highest BCUT2D eigenvalue weighted by molar-refractivity contribution is 5.76. The fraction of sp³-hybridized carbons (Fsp3) is 0.500. The van der Waals surface area contributed by atoms with Crippen LogP contribution in [0.1, 0.15) is 31.2 Å². The molecule has 1 aliphatic rings. The molecular weight excluding hydrogens is 226 g/mol. The second kappa shape index (κ2) is 5.87. The minimum absolute atomic E-state index is 0.0739. The first-order chi connectivity index (χ1) is 8.66. The average molecular weight is 247 g/mol. The highest BCUT2D eigenvalue weighted by Crippen LogP contribution is 2.24. The molecule has 1 fully saturated rings. The van der Waals surface area contributed by atoms with Crippen LogP contribution in [0.3, 0.4) is 0 Å². The van der Waals surface area contributed by atoms with Gasteiger partial charge in [0.2, 0.25) is 5.91 Å². The molecule has 1 amide bonds. The molecule has 0 radical (unpaired) electrons. The van der Waals surface area contributed by atoms with E-state index in [-0.39, 0.29) is 11.8 Å². The lowest BCUT2D eigenvalue weighted by Crippen LogP contribution is -2.36. The Morgan fingerprint density at radius 3 is 2.50 bits per heavy atom. The van der Waals surface area contributed by atoms with Gasteiger partial charge in [-0.25, -0.2) is 0 Å². The maximum Gasteiger partial charge on any atom is 0.220 e. The molecule has 0 spiro atoms. The molecule has 1 aliphatic carbocycles. The van der Waals surface area contributed by atoms with Crippen molar-refractivity contribution in [3.63, 3.8) is 0 Å². The van der Waals surface area contributed by atoms with Gasteiger partial charge in [0, 0.05) is 24.2 Å². The average Bonchev–Trinajstić information content (AvgIpc) is 2.38. The summed E-state index contributed by atoms with van der Waals surface area (Å²) in [4.78, 5) is 11.1. The number of nitrogens with one attached hydrogen (secondary N) is 1. The molecule has 4 nitrogen and oxygen atoms in total. The Morgan fingerprint density at radius 1 is 1.22 bits per heavy atom. The SMILES string of the molecule is NC(=O)C1CCC(NCc2ccccc2N)CC1. The number of hydrogen-bond acceptors (Lipinski definition) is 3. The van der Waals surface area contributed by atoms with Crippen LogP contribution in [0.2, 0.25) is 0 Å². The summed E-state index contributed by atoms with van der Waals surface area (Å²) in [6, 6.07) is 8.37. The third kappa shape index (κ3) is 3.23. The number of benzene rings is 1. The number of anilines is 1. The van der Waals surface area contributed by atoms with Crippen LogP contribution in [0.15, 0.2) is 24.3 Å². The van der Waals surface area contributed by atoms with Crippen LogP contribution in [-0.2, 0) is 11.3 Å². The van der Waals surface area contributed by atoms with E-state index in [4.69, 9.17) is 11.5 Å². The summed E-state index contributed by atoms with van der Waals surface area (Å²) < 4.78 is 0.